The Morgan fingerprint density at radius 1 is 1.12 bits per heavy atom. The Bertz CT molecular complexity index is 523. The monoisotopic (exact) mass is 210 g/mol. The van der Waals surface area contributed by atoms with E-state index in [2.05, 4.69) is 0 Å². The molecule has 16 heavy (non-hydrogen) atoms. The lowest BCUT2D eigenvalue weighted by molar-refractivity contribution is 0.101. The average Bonchev–Trinajstić information content (AvgIpc) is 2.90. The highest BCUT2D eigenvalue weighted by Crippen LogP contribution is 2.31. The highest BCUT2D eigenvalue weighted by molar-refractivity contribution is 6.12. The molecule has 2 aliphatic rings. The summed E-state index contributed by atoms with van der Waals surface area (Å²) in [6.07, 6.45) is 9.82. The van der Waals surface area contributed by atoms with Gasteiger partial charge in [0, 0.05) is 5.92 Å². The fraction of sp³-hybridized carbons (Fsp3) is 0.0714. The number of Topliss-reactive ketones (excluding diaryl/α,β-unsaturated/α-hetero) is 1. The van der Waals surface area contributed by atoms with Crippen LogP contribution in [0.15, 0.2) is 60.4 Å². The Morgan fingerprint density at radius 2 is 1.88 bits per heavy atom. The molecule has 0 unspecified atom stereocenters. The molecule has 0 saturated heterocycles. The van der Waals surface area contributed by atoms with E-state index >= 15 is 0 Å². The van der Waals surface area contributed by atoms with Gasteiger partial charge in [-0.3, -0.25) is 4.79 Å². The topological polar surface area (TPSA) is 26.3 Å². The number of carbonyl (C=O) groups is 1. The lowest BCUT2D eigenvalue weighted by Crippen LogP contribution is -2.00. The molecule has 1 aromatic rings. The van der Waals surface area contributed by atoms with E-state index in [0.717, 1.165) is 0 Å². The lowest BCUT2D eigenvalue weighted by atomic mass is 10.1. The van der Waals surface area contributed by atoms with Crippen LogP contribution in [-0.2, 0) is 0 Å². The van der Waals surface area contributed by atoms with Crippen LogP contribution < -0.4 is 4.74 Å². The minimum absolute atomic E-state index is 0.0238. The zero-order valence-corrected chi connectivity index (χ0v) is 8.59. The number of ketones is 1. The van der Waals surface area contributed by atoms with Gasteiger partial charge in [0.2, 0.25) is 5.78 Å². The zero-order chi connectivity index (χ0) is 11.0. The summed E-state index contributed by atoms with van der Waals surface area (Å²) in [6.45, 7) is 0. The van der Waals surface area contributed by atoms with Crippen LogP contribution in [0.4, 0.5) is 0 Å². The summed E-state index contributed by atoms with van der Waals surface area (Å²) in [6, 6.07) is 7.32. The van der Waals surface area contributed by atoms with Crippen molar-refractivity contribution in [2.75, 3.05) is 0 Å². The van der Waals surface area contributed by atoms with Gasteiger partial charge in [0.1, 0.15) is 5.75 Å². The van der Waals surface area contributed by atoms with Crippen LogP contribution in [0, 0.1) is 5.92 Å². The Kier molecular flexibility index (Phi) is 2.00. The number of rotatable bonds is 1. The number of allylic oxidation sites excluding steroid dienone is 6. The van der Waals surface area contributed by atoms with Gasteiger partial charge in [0.05, 0.1) is 5.56 Å². The summed E-state index contributed by atoms with van der Waals surface area (Å²) in [5.41, 5.74) is 0.653. The van der Waals surface area contributed by atoms with Crippen LogP contribution in [0.5, 0.6) is 5.75 Å². The Balaban J connectivity index is 1.95. The molecule has 0 bridgehead atoms. The molecule has 0 saturated carbocycles. The summed E-state index contributed by atoms with van der Waals surface area (Å²) >= 11 is 0. The summed E-state index contributed by atoms with van der Waals surface area (Å²) in [5.74, 6) is 1.24. The van der Waals surface area contributed by atoms with Gasteiger partial charge >= 0.3 is 0 Å². The number of para-hydroxylation sites is 1. The maximum absolute atomic E-state index is 11.9. The smallest absolute Gasteiger partial charge is 0.231 e. The number of carbonyl (C=O) groups excluding carboxylic acids is 1. The minimum Gasteiger partial charge on any atom is -0.453 e. The van der Waals surface area contributed by atoms with Crippen LogP contribution in [0.1, 0.15) is 10.4 Å². The second-order valence-electron chi connectivity index (χ2n) is 3.81. The summed E-state index contributed by atoms with van der Waals surface area (Å²) in [4.78, 5) is 11.9. The molecule has 0 amide bonds. The molecule has 1 aromatic carbocycles. The fourth-order valence-corrected chi connectivity index (χ4v) is 1.89. The van der Waals surface area contributed by atoms with E-state index in [1.54, 1.807) is 6.07 Å². The van der Waals surface area contributed by atoms with Crippen molar-refractivity contribution >= 4 is 5.78 Å². The van der Waals surface area contributed by atoms with Crippen LogP contribution in [0.3, 0.4) is 0 Å². The number of hydrogen-bond donors (Lipinski definition) is 0. The number of benzene rings is 1. The normalized spacial score (nSPS) is 20.5. The van der Waals surface area contributed by atoms with Crippen molar-refractivity contribution in [2.45, 2.75) is 0 Å². The van der Waals surface area contributed by atoms with Gasteiger partial charge in [0.25, 0.3) is 0 Å². The molecule has 0 spiro atoms. The first-order chi connectivity index (χ1) is 7.84. The molecule has 0 N–H and O–H groups in total. The predicted molar refractivity (Wildman–Crippen MR) is 61.3 cm³/mol. The number of ether oxygens (including phenoxy) is 1. The first kappa shape index (κ1) is 9.16. The van der Waals surface area contributed by atoms with E-state index in [4.69, 9.17) is 4.74 Å². The van der Waals surface area contributed by atoms with Crippen LogP contribution in [0.2, 0.25) is 0 Å². The maximum Gasteiger partial charge on any atom is 0.231 e. The lowest BCUT2D eigenvalue weighted by Gasteiger charge is -2.00. The third-order valence-corrected chi connectivity index (χ3v) is 2.70. The summed E-state index contributed by atoms with van der Waals surface area (Å²) < 4.78 is 5.52. The highest BCUT2D eigenvalue weighted by Gasteiger charge is 2.26. The molecule has 78 valence electrons. The van der Waals surface area contributed by atoms with E-state index in [-0.39, 0.29) is 11.7 Å². The molecule has 3 rings (SSSR count). The molecule has 0 atom stereocenters. The van der Waals surface area contributed by atoms with E-state index in [1.165, 1.54) is 0 Å². The van der Waals surface area contributed by atoms with E-state index in [0.29, 0.717) is 17.1 Å². The molecule has 2 heteroatoms. The molecular formula is C14H10O2. The Morgan fingerprint density at radius 3 is 2.62 bits per heavy atom. The zero-order valence-electron chi connectivity index (χ0n) is 8.59. The second kappa shape index (κ2) is 3.49. The van der Waals surface area contributed by atoms with Crippen LogP contribution in [-0.4, -0.2) is 5.78 Å². The largest absolute Gasteiger partial charge is 0.453 e. The summed E-state index contributed by atoms with van der Waals surface area (Å²) in [5, 5.41) is 0. The molecule has 0 aromatic heterocycles. The van der Waals surface area contributed by atoms with Crippen molar-refractivity contribution in [3.63, 3.8) is 0 Å². The van der Waals surface area contributed by atoms with Gasteiger partial charge in [-0.15, -0.1) is 0 Å². The van der Waals surface area contributed by atoms with E-state index in [9.17, 15) is 4.79 Å². The quantitative estimate of drug-likeness (QED) is 0.666. The van der Waals surface area contributed by atoms with Gasteiger partial charge in [-0.25, -0.2) is 0 Å². The van der Waals surface area contributed by atoms with Gasteiger partial charge in [0.15, 0.2) is 5.76 Å². The highest BCUT2D eigenvalue weighted by atomic mass is 16.5. The molecule has 1 aliphatic carbocycles. The standard InChI is InChI=1S/C14H10O2/c15-14-11-7-3-4-8-12(11)16-13(14)9-10-5-1-2-6-10/h1-10H/b13-9-. The fourth-order valence-electron chi connectivity index (χ4n) is 1.89. The molecular weight excluding hydrogens is 200 g/mol. The van der Waals surface area contributed by atoms with Gasteiger partial charge in [-0.05, 0) is 18.2 Å². The number of hydrogen-bond acceptors (Lipinski definition) is 2. The minimum atomic E-state index is -0.0238. The molecule has 0 fully saturated rings. The van der Waals surface area contributed by atoms with Crippen LogP contribution in [0.25, 0.3) is 0 Å². The average molecular weight is 210 g/mol. The van der Waals surface area contributed by atoms with Crippen molar-refractivity contribution in [1.82, 2.24) is 0 Å². The summed E-state index contributed by atoms with van der Waals surface area (Å²) in [7, 11) is 0. The third-order valence-electron chi connectivity index (χ3n) is 2.70. The van der Waals surface area contributed by atoms with E-state index < -0.39 is 0 Å². The van der Waals surface area contributed by atoms with Crippen molar-refractivity contribution in [1.29, 1.82) is 0 Å². The molecule has 0 radical (unpaired) electrons. The molecule has 2 nitrogen and oxygen atoms in total. The van der Waals surface area contributed by atoms with Crippen molar-refractivity contribution in [2.24, 2.45) is 5.92 Å². The van der Waals surface area contributed by atoms with Crippen LogP contribution >= 0.6 is 0 Å². The Hall–Kier alpha value is -2.09. The van der Waals surface area contributed by atoms with E-state index in [1.807, 2.05) is 48.6 Å². The van der Waals surface area contributed by atoms with Gasteiger partial charge < -0.3 is 4.74 Å². The van der Waals surface area contributed by atoms with Crippen molar-refractivity contribution < 1.29 is 9.53 Å². The Labute approximate surface area is 93.5 Å². The van der Waals surface area contributed by atoms with Gasteiger partial charge in [-0.2, -0.15) is 0 Å². The van der Waals surface area contributed by atoms with Crippen molar-refractivity contribution in [3.05, 3.63) is 66.0 Å². The molecule has 1 aliphatic heterocycles. The maximum atomic E-state index is 11.9. The second-order valence-corrected chi connectivity index (χ2v) is 3.81. The first-order valence-corrected chi connectivity index (χ1v) is 5.23. The number of fused-ring (bicyclic) bond motifs is 1. The SMILES string of the molecule is O=C1/C(=C/C2C=CC=C2)Oc2ccccc21. The third kappa shape index (κ3) is 1.39. The predicted octanol–water partition coefficient (Wildman–Crippen LogP) is 2.89. The molecule has 1 heterocycles. The van der Waals surface area contributed by atoms with Crippen molar-refractivity contribution in [3.8, 4) is 5.75 Å². The van der Waals surface area contributed by atoms with Gasteiger partial charge in [-0.1, -0.05) is 36.4 Å². The first-order valence-electron chi connectivity index (χ1n) is 5.23.